The van der Waals surface area contributed by atoms with Gasteiger partial charge >= 0.3 is 0 Å². The van der Waals surface area contributed by atoms with Gasteiger partial charge in [0.25, 0.3) is 0 Å². The van der Waals surface area contributed by atoms with Gasteiger partial charge in [0.2, 0.25) is 0 Å². The van der Waals surface area contributed by atoms with Crippen molar-refractivity contribution < 1.29 is 0 Å². The van der Waals surface area contributed by atoms with Crippen molar-refractivity contribution >= 4 is 0 Å². The third kappa shape index (κ3) is 8.65. The average molecular weight is 268 g/mol. The Morgan fingerprint density at radius 3 is 2.00 bits per heavy atom. The van der Waals surface area contributed by atoms with Crippen LogP contribution in [0.2, 0.25) is 0 Å². The minimum Gasteiger partial charge on any atom is -0.315 e. The van der Waals surface area contributed by atoms with E-state index in [4.69, 9.17) is 0 Å². The van der Waals surface area contributed by atoms with Crippen molar-refractivity contribution in [3.63, 3.8) is 0 Å². The Morgan fingerprint density at radius 2 is 1.47 bits per heavy atom. The second kappa shape index (κ2) is 10.7. The Hall–Kier alpha value is -0.0800. The zero-order valence-corrected chi connectivity index (χ0v) is 13.4. The molecule has 1 unspecified atom stereocenters. The van der Waals surface area contributed by atoms with Crippen LogP contribution in [-0.2, 0) is 0 Å². The Labute approximate surface area is 121 Å². The van der Waals surface area contributed by atoms with Gasteiger partial charge in [-0.25, -0.2) is 0 Å². The molecule has 1 rings (SSSR count). The molecule has 0 aliphatic carbocycles. The Balaban J connectivity index is 1.76. The second-order valence-electron chi connectivity index (χ2n) is 6.60. The Bertz CT molecular complexity index is 197. The van der Waals surface area contributed by atoms with E-state index in [1.807, 2.05) is 0 Å². The molecule has 19 heavy (non-hydrogen) atoms. The fourth-order valence-corrected chi connectivity index (χ4v) is 2.97. The number of unbranched alkanes of at least 4 members (excludes halogenated alkanes) is 9. The predicted molar refractivity (Wildman–Crippen MR) is 85.7 cm³/mol. The first-order valence-corrected chi connectivity index (χ1v) is 8.72. The highest BCUT2D eigenvalue weighted by Crippen LogP contribution is 2.14. The lowest BCUT2D eigenvalue weighted by atomic mass is 10.0. The number of hydrogen-bond donors (Lipinski definition) is 2. The van der Waals surface area contributed by atoms with Crippen LogP contribution < -0.4 is 10.6 Å². The SMILES string of the molecule is CCCCCCCCCCCCNC1(C)CCNC1. The Morgan fingerprint density at radius 1 is 0.895 bits per heavy atom. The molecule has 0 radical (unpaired) electrons. The van der Waals surface area contributed by atoms with Gasteiger partial charge in [-0.05, 0) is 32.9 Å². The molecule has 1 atom stereocenters. The van der Waals surface area contributed by atoms with E-state index in [0.717, 1.165) is 6.54 Å². The van der Waals surface area contributed by atoms with Crippen LogP contribution in [0, 0.1) is 0 Å². The van der Waals surface area contributed by atoms with E-state index in [2.05, 4.69) is 24.5 Å². The highest BCUT2D eigenvalue weighted by atomic mass is 15.1. The summed E-state index contributed by atoms with van der Waals surface area (Å²) in [6, 6.07) is 0. The molecular formula is C17H36N2. The largest absolute Gasteiger partial charge is 0.315 e. The van der Waals surface area contributed by atoms with Gasteiger partial charge in [0.1, 0.15) is 0 Å². The Kier molecular flexibility index (Phi) is 9.54. The minimum atomic E-state index is 0.374. The van der Waals surface area contributed by atoms with E-state index in [0.29, 0.717) is 5.54 Å². The van der Waals surface area contributed by atoms with Crippen LogP contribution in [0.1, 0.15) is 84.5 Å². The van der Waals surface area contributed by atoms with Crippen molar-refractivity contribution in [2.45, 2.75) is 90.0 Å². The summed E-state index contributed by atoms with van der Waals surface area (Å²) < 4.78 is 0. The summed E-state index contributed by atoms with van der Waals surface area (Å²) in [4.78, 5) is 0. The summed E-state index contributed by atoms with van der Waals surface area (Å²) in [6.07, 6.45) is 15.5. The first-order chi connectivity index (χ1) is 9.27. The van der Waals surface area contributed by atoms with E-state index in [1.54, 1.807) is 0 Å². The van der Waals surface area contributed by atoms with Gasteiger partial charge in [0, 0.05) is 12.1 Å². The maximum absolute atomic E-state index is 3.72. The highest BCUT2D eigenvalue weighted by molar-refractivity contribution is 4.91. The van der Waals surface area contributed by atoms with Crippen LogP contribution in [0.5, 0.6) is 0 Å². The standard InChI is InChI=1S/C17H36N2/c1-3-4-5-6-7-8-9-10-11-12-14-19-17(2)13-15-18-16-17/h18-19H,3-16H2,1-2H3. The molecule has 2 heteroatoms. The van der Waals surface area contributed by atoms with E-state index < -0.39 is 0 Å². The minimum absolute atomic E-state index is 0.374. The van der Waals surface area contributed by atoms with Crippen LogP contribution in [0.4, 0.5) is 0 Å². The van der Waals surface area contributed by atoms with Gasteiger partial charge in [-0.1, -0.05) is 64.7 Å². The molecule has 0 aromatic carbocycles. The van der Waals surface area contributed by atoms with Crippen LogP contribution >= 0.6 is 0 Å². The van der Waals surface area contributed by atoms with Crippen molar-refractivity contribution in [3.05, 3.63) is 0 Å². The number of hydrogen-bond acceptors (Lipinski definition) is 2. The molecule has 2 N–H and O–H groups in total. The first kappa shape index (κ1) is 17.0. The smallest absolute Gasteiger partial charge is 0.0289 e. The molecule has 0 spiro atoms. The van der Waals surface area contributed by atoms with E-state index in [9.17, 15) is 0 Å². The van der Waals surface area contributed by atoms with Crippen LogP contribution in [-0.4, -0.2) is 25.2 Å². The molecule has 1 aliphatic rings. The van der Waals surface area contributed by atoms with Crippen molar-refractivity contribution in [1.82, 2.24) is 10.6 Å². The summed E-state index contributed by atoms with van der Waals surface area (Å²) in [5.74, 6) is 0. The summed E-state index contributed by atoms with van der Waals surface area (Å²) in [6.45, 7) is 8.17. The number of rotatable bonds is 12. The molecule has 1 fully saturated rings. The molecule has 2 nitrogen and oxygen atoms in total. The third-order valence-electron chi connectivity index (χ3n) is 4.45. The van der Waals surface area contributed by atoms with Crippen molar-refractivity contribution in [1.29, 1.82) is 0 Å². The summed E-state index contributed by atoms with van der Waals surface area (Å²) >= 11 is 0. The van der Waals surface area contributed by atoms with Gasteiger partial charge in [-0.15, -0.1) is 0 Å². The quantitative estimate of drug-likeness (QED) is 0.517. The lowest BCUT2D eigenvalue weighted by Crippen LogP contribution is -2.44. The topological polar surface area (TPSA) is 24.1 Å². The molecule has 0 aromatic rings. The summed E-state index contributed by atoms with van der Waals surface area (Å²) in [5, 5.41) is 7.16. The first-order valence-electron chi connectivity index (χ1n) is 8.72. The van der Waals surface area contributed by atoms with Gasteiger partial charge in [-0.2, -0.15) is 0 Å². The fourth-order valence-electron chi connectivity index (χ4n) is 2.97. The molecule has 1 aliphatic heterocycles. The van der Waals surface area contributed by atoms with E-state index >= 15 is 0 Å². The lowest BCUT2D eigenvalue weighted by Gasteiger charge is -2.24. The van der Waals surface area contributed by atoms with Crippen molar-refractivity contribution in [2.24, 2.45) is 0 Å². The van der Waals surface area contributed by atoms with Gasteiger partial charge in [0.05, 0.1) is 0 Å². The second-order valence-corrected chi connectivity index (χ2v) is 6.60. The molecule has 114 valence electrons. The molecule has 1 saturated heterocycles. The molecule has 0 saturated carbocycles. The zero-order chi connectivity index (χ0) is 13.8. The lowest BCUT2D eigenvalue weighted by molar-refractivity contribution is 0.380. The highest BCUT2D eigenvalue weighted by Gasteiger charge is 2.26. The zero-order valence-electron chi connectivity index (χ0n) is 13.4. The summed E-state index contributed by atoms with van der Waals surface area (Å²) in [5.41, 5.74) is 0.374. The third-order valence-corrected chi connectivity index (χ3v) is 4.45. The van der Waals surface area contributed by atoms with Crippen LogP contribution in [0.15, 0.2) is 0 Å². The fraction of sp³-hybridized carbons (Fsp3) is 1.00. The molecular weight excluding hydrogens is 232 g/mol. The van der Waals surface area contributed by atoms with Crippen LogP contribution in [0.25, 0.3) is 0 Å². The van der Waals surface area contributed by atoms with Gasteiger partial charge in [-0.3, -0.25) is 0 Å². The monoisotopic (exact) mass is 268 g/mol. The molecule has 0 aromatic heterocycles. The van der Waals surface area contributed by atoms with E-state index in [1.165, 1.54) is 83.7 Å². The predicted octanol–water partition coefficient (Wildman–Crippen LogP) is 4.25. The molecule has 0 bridgehead atoms. The maximum atomic E-state index is 3.72. The average Bonchev–Trinajstić information content (AvgIpc) is 2.83. The van der Waals surface area contributed by atoms with E-state index in [-0.39, 0.29) is 0 Å². The van der Waals surface area contributed by atoms with Crippen LogP contribution in [0.3, 0.4) is 0 Å². The van der Waals surface area contributed by atoms with Gasteiger partial charge < -0.3 is 10.6 Å². The maximum Gasteiger partial charge on any atom is 0.0289 e. The normalized spacial score (nSPS) is 23.1. The van der Waals surface area contributed by atoms with Crippen molar-refractivity contribution in [3.8, 4) is 0 Å². The van der Waals surface area contributed by atoms with Gasteiger partial charge in [0.15, 0.2) is 0 Å². The molecule has 0 amide bonds. The number of nitrogens with one attached hydrogen (secondary N) is 2. The molecule has 1 heterocycles. The van der Waals surface area contributed by atoms with Crippen molar-refractivity contribution in [2.75, 3.05) is 19.6 Å². The summed E-state index contributed by atoms with van der Waals surface area (Å²) in [7, 11) is 0.